The van der Waals surface area contributed by atoms with Gasteiger partial charge in [0.05, 0.1) is 12.7 Å². The number of aliphatic hydroxyl groups is 2. The predicted octanol–water partition coefficient (Wildman–Crippen LogP) is 0.365. The van der Waals surface area contributed by atoms with Gasteiger partial charge in [-0.1, -0.05) is 6.07 Å². The molecule has 1 rings (SSSR count). The van der Waals surface area contributed by atoms with Gasteiger partial charge in [0, 0.05) is 13.5 Å². The van der Waals surface area contributed by atoms with Crippen LogP contribution in [0, 0.1) is 5.82 Å². The second-order valence-corrected chi connectivity index (χ2v) is 3.81. The average Bonchev–Trinajstić information content (AvgIpc) is 2.34. The lowest BCUT2D eigenvalue weighted by molar-refractivity contribution is -0.119. The molecule has 18 heavy (non-hydrogen) atoms. The second-order valence-electron chi connectivity index (χ2n) is 3.81. The van der Waals surface area contributed by atoms with E-state index in [4.69, 9.17) is 4.74 Å². The summed E-state index contributed by atoms with van der Waals surface area (Å²) in [6, 6.07) is 4.07. The highest BCUT2D eigenvalue weighted by atomic mass is 19.1. The van der Waals surface area contributed by atoms with Gasteiger partial charge in [-0.2, -0.15) is 0 Å². The molecular formula is C12H16FNO4. The van der Waals surface area contributed by atoms with Crippen LogP contribution in [0.3, 0.4) is 0 Å². The van der Waals surface area contributed by atoms with Gasteiger partial charge in [0.1, 0.15) is 23.8 Å². The molecule has 6 heteroatoms. The molecule has 0 saturated heterocycles. The van der Waals surface area contributed by atoms with E-state index in [-0.39, 0.29) is 23.8 Å². The zero-order valence-electron chi connectivity index (χ0n) is 10.2. The zero-order chi connectivity index (χ0) is 13.7. The first-order valence-electron chi connectivity index (χ1n) is 5.40. The molecule has 0 fully saturated rings. The molecular weight excluding hydrogens is 241 g/mol. The lowest BCUT2D eigenvalue weighted by Crippen LogP contribution is -2.34. The Labute approximate surface area is 104 Å². The fourth-order valence-electron chi connectivity index (χ4n) is 1.53. The monoisotopic (exact) mass is 257 g/mol. The fourth-order valence-corrected chi connectivity index (χ4v) is 1.53. The van der Waals surface area contributed by atoms with Crippen molar-refractivity contribution in [2.75, 3.05) is 13.7 Å². The summed E-state index contributed by atoms with van der Waals surface area (Å²) in [6.45, 7) is 1.11. The quantitative estimate of drug-likeness (QED) is 0.712. The molecule has 1 aromatic rings. The van der Waals surface area contributed by atoms with Gasteiger partial charge in [0.2, 0.25) is 5.91 Å². The van der Waals surface area contributed by atoms with E-state index in [1.165, 1.54) is 26.2 Å². The van der Waals surface area contributed by atoms with E-state index < -0.39 is 18.0 Å². The molecule has 0 bridgehead atoms. The van der Waals surface area contributed by atoms with Crippen LogP contribution < -0.4 is 10.1 Å². The number of hydrogen-bond acceptors (Lipinski definition) is 4. The smallest absolute Gasteiger partial charge is 0.216 e. The van der Waals surface area contributed by atoms with Gasteiger partial charge in [-0.15, -0.1) is 0 Å². The first kappa shape index (κ1) is 14.4. The first-order chi connectivity index (χ1) is 8.47. The summed E-state index contributed by atoms with van der Waals surface area (Å²) in [6.07, 6.45) is -2.80. The largest absolute Gasteiger partial charge is 0.496 e. The van der Waals surface area contributed by atoms with Crippen molar-refractivity contribution in [3.63, 3.8) is 0 Å². The third-order valence-electron chi connectivity index (χ3n) is 2.45. The lowest BCUT2D eigenvalue weighted by atomic mass is 10.0. The van der Waals surface area contributed by atoms with E-state index in [1.807, 2.05) is 0 Å². The summed E-state index contributed by atoms with van der Waals surface area (Å²) in [5.74, 6) is -0.880. The van der Waals surface area contributed by atoms with Crippen molar-refractivity contribution in [3.8, 4) is 5.75 Å². The predicted molar refractivity (Wildman–Crippen MR) is 62.6 cm³/mol. The normalized spacial score (nSPS) is 13.8. The number of amides is 1. The molecule has 0 aromatic heterocycles. The Morgan fingerprint density at radius 2 is 2.17 bits per heavy atom. The number of carbonyl (C=O) groups excluding carboxylic acids is 1. The number of hydrogen-bond donors (Lipinski definition) is 3. The van der Waals surface area contributed by atoms with Crippen LogP contribution in [0.2, 0.25) is 0 Å². The van der Waals surface area contributed by atoms with E-state index in [2.05, 4.69) is 5.32 Å². The van der Waals surface area contributed by atoms with Crippen LogP contribution in [0.5, 0.6) is 5.75 Å². The topological polar surface area (TPSA) is 78.8 Å². The van der Waals surface area contributed by atoms with E-state index in [0.29, 0.717) is 0 Å². The van der Waals surface area contributed by atoms with Gasteiger partial charge in [-0.3, -0.25) is 4.79 Å². The van der Waals surface area contributed by atoms with Crippen molar-refractivity contribution in [2.24, 2.45) is 0 Å². The van der Waals surface area contributed by atoms with Crippen molar-refractivity contribution in [3.05, 3.63) is 29.6 Å². The van der Waals surface area contributed by atoms with E-state index in [1.54, 1.807) is 0 Å². The second kappa shape index (κ2) is 6.32. The maximum absolute atomic E-state index is 13.6. The lowest BCUT2D eigenvalue weighted by Gasteiger charge is -2.20. The van der Waals surface area contributed by atoms with Crippen molar-refractivity contribution in [2.45, 2.75) is 19.1 Å². The highest BCUT2D eigenvalue weighted by molar-refractivity contribution is 5.72. The van der Waals surface area contributed by atoms with Gasteiger partial charge in [-0.25, -0.2) is 4.39 Å². The number of carbonyl (C=O) groups is 1. The molecule has 0 spiro atoms. The maximum Gasteiger partial charge on any atom is 0.216 e. The Morgan fingerprint density at radius 3 is 2.72 bits per heavy atom. The number of halogens is 1. The van der Waals surface area contributed by atoms with Crippen LogP contribution in [0.4, 0.5) is 4.39 Å². The number of aliphatic hydroxyl groups excluding tert-OH is 2. The number of benzene rings is 1. The Morgan fingerprint density at radius 1 is 1.50 bits per heavy atom. The molecule has 0 aliphatic rings. The van der Waals surface area contributed by atoms with Crippen molar-refractivity contribution < 1.29 is 24.1 Å². The summed E-state index contributed by atoms with van der Waals surface area (Å²) in [7, 11) is 1.34. The summed E-state index contributed by atoms with van der Waals surface area (Å²) < 4.78 is 18.5. The maximum atomic E-state index is 13.6. The van der Waals surface area contributed by atoms with Crippen LogP contribution in [-0.4, -0.2) is 35.9 Å². The average molecular weight is 257 g/mol. The van der Waals surface area contributed by atoms with E-state index in [9.17, 15) is 19.4 Å². The van der Waals surface area contributed by atoms with Crippen LogP contribution in [0.1, 0.15) is 18.6 Å². The molecule has 0 heterocycles. The van der Waals surface area contributed by atoms with E-state index >= 15 is 0 Å². The van der Waals surface area contributed by atoms with Gasteiger partial charge < -0.3 is 20.3 Å². The number of rotatable bonds is 5. The number of nitrogens with one attached hydrogen (secondary N) is 1. The number of methoxy groups -OCH3 is 1. The third-order valence-corrected chi connectivity index (χ3v) is 2.45. The molecule has 0 radical (unpaired) electrons. The summed E-state index contributed by atoms with van der Waals surface area (Å²) in [5.41, 5.74) is -0.127. The Balaban J connectivity index is 2.88. The van der Waals surface area contributed by atoms with Crippen LogP contribution in [0.15, 0.2) is 18.2 Å². The van der Waals surface area contributed by atoms with Crippen LogP contribution in [0.25, 0.3) is 0 Å². The highest BCUT2D eigenvalue weighted by Crippen LogP contribution is 2.29. The Bertz CT molecular complexity index is 425. The van der Waals surface area contributed by atoms with Gasteiger partial charge >= 0.3 is 0 Å². The van der Waals surface area contributed by atoms with Gasteiger partial charge in [-0.05, 0) is 12.1 Å². The summed E-state index contributed by atoms with van der Waals surface area (Å²) >= 11 is 0. The third kappa shape index (κ3) is 3.41. The Kier molecular flexibility index (Phi) is 5.06. The zero-order valence-corrected chi connectivity index (χ0v) is 10.2. The molecule has 5 nitrogen and oxygen atoms in total. The fraction of sp³-hybridized carbons (Fsp3) is 0.417. The molecule has 1 amide bonds. The Hall–Kier alpha value is -1.66. The molecule has 2 atom stereocenters. The first-order valence-corrected chi connectivity index (χ1v) is 5.40. The molecule has 0 aliphatic carbocycles. The molecule has 100 valence electrons. The molecule has 0 aliphatic heterocycles. The SMILES string of the molecule is COc1cccc(F)c1C(O)C(O)CNC(C)=O. The summed E-state index contributed by atoms with van der Waals surface area (Å²) in [4.78, 5) is 10.7. The van der Waals surface area contributed by atoms with Gasteiger partial charge in [0.15, 0.2) is 0 Å². The van der Waals surface area contributed by atoms with Crippen molar-refractivity contribution in [1.29, 1.82) is 0 Å². The molecule has 1 aromatic carbocycles. The minimum absolute atomic E-state index is 0.127. The van der Waals surface area contributed by atoms with Crippen LogP contribution in [-0.2, 0) is 4.79 Å². The molecule has 0 saturated carbocycles. The highest BCUT2D eigenvalue weighted by Gasteiger charge is 2.25. The minimum Gasteiger partial charge on any atom is -0.496 e. The van der Waals surface area contributed by atoms with Crippen molar-refractivity contribution in [1.82, 2.24) is 5.32 Å². The summed E-state index contributed by atoms with van der Waals surface area (Å²) in [5, 5.41) is 21.9. The molecule has 3 N–H and O–H groups in total. The molecule has 2 unspecified atom stereocenters. The number of ether oxygens (including phenoxy) is 1. The van der Waals surface area contributed by atoms with Crippen molar-refractivity contribution >= 4 is 5.91 Å². The van der Waals surface area contributed by atoms with E-state index in [0.717, 1.165) is 6.07 Å². The minimum atomic E-state index is -1.48. The standard InChI is InChI=1S/C12H16FNO4/c1-7(15)14-6-9(16)12(17)11-8(13)4-3-5-10(11)18-2/h3-5,9,12,16-17H,6H2,1-2H3,(H,14,15). The van der Waals surface area contributed by atoms with Crippen LogP contribution >= 0.6 is 0 Å². The van der Waals surface area contributed by atoms with Gasteiger partial charge in [0.25, 0.3) is 0 Å².